The van der Waals surface area contributed by atoms with Gasteiger partial charge in [0.05, 0.1) is 6.61 Å². The molecule has 2 amide bonds. The van der Waals surface area contributed by atoms with Crippen molar-refractivity contribution < 1.29 is 24.2 Å². The molecule has 1 unspecified atom stereocenters. The Hall–Kier alpha value is -2.05. The minimum Gasteiger partial charge on any atom is -0.465 e. The molecule has 1 saturated carbocycles. The predicted molar refractivity (Wildman–Crippen MR) is 73.6 cm³/mol. The van der Waals surface area contributed by atoms with Gasteiger partial charge in [-0.25, -0.2) is 9.59 Å². The Balaban J connectivity index is 2.08. The number of esters is 1. The molecule has 0 spiro atoms. The molecule has 0 aromatic carbocycles. The van der Waals surface area contributed by atoms with Crippen LogP contribution in [0.4, 0.5) is 4.79 Å². The van der Waals surface area contributed by atoms with Gasteiger partial charge in [0.1, 0.15) is 11.6 Å². The van der Waals surface area contributed by atoms with Crippen LogP contribution < -0.4 is 5.32 Å². The van der Waals surface area contributed by atoms with Crippen molar-refractivity contribution in [3.8, 4) is 0 Å². The summed E-state index contributed by atoms with van der Waals surface area (Å²) in [5.74, 6) is -1.09. The molecule has 0 radical (unpaired) electrons. The Morgan fingerprint density at radius 1 is 1.52 bits per heavy atom. The van der Waals surface area contributed by atoms with E-state index in [0.717, 1.165) is 4.90 Å². The van der Waals surface area contributed by atoms with Crippen molar-refractivity contribution in [3.63, 3.8) is 0 Å². The number of amides is 2. The van der Waals surface area contributed by atoms with E-state index in [1.54, 1.807) is 13.0 Å². The van der Waals surface area contributed by atoms with E-state index in [0.29, 0.717) is 25.8 Å². The highest BCUT2D eigenvalue weighted by Gasteiger charge is 2.61. The standard InChI is InChI=1S/C14H20N2O5/c1-3-9-8-14(9,12(18)21-4-2)15-11(17)10-6-5-7-16(10)13(19)20/h3,9-10H,1,4-8H2,2H3,(H,15,17)(H,19,20)/t9-,10?,14-/m1/s1. The van der Waals surface area contributed by atoms with Crippen molar-refractivity contribution in [2.75, 3.05) is 13.2 Å². The summed E-state index contributed by atoms with van der Waals surface area (Å²) in [6.07, 6.45) is 2.05. The monoisotopic (exact) mass is 296 g/mol. The van der Waals surface area contributed by atoms with Crippen LogP contribution in [-0.4, -0.2) is 52.7 Å². The van der Waals surface area contributed by atoms with E-state index < -0.39 is 29.6 Å². The maximum Gasteiger partial charge on any atom is 0.407 e. The second-order valence-corrected chi connectivity index (χ2v) is 5.36. The van der Waals surface area contributed by atoms with E-state index in [9.17, 15) is 14.4 Å². The van der Waals surface area contributed by atoms with E-state index in [-0.39, 0.29) is 12.5 Å². The van der Waals surface area contributed by atoms with Gasteiger partial charge in [-0.3, -0.25) is 9.69 Å². The molecule has 1 heterocycles. The fraction of sp³-hybridized carbons (Fsp3) is 0.643. The molecule has 21 heavy (non-hydrogen) atoms. The van der Waals surface area contributed by atoms with Crippen molar-refractivity contribution in [1.82, 2.24) is 10.2 Å². The van der Waals surface area contributed by atoms with Gasteiger partial charge in [0.15, 0.2) is 0 Å². The number of ether oxygens (including phenoxy) is 1. The fourth-order valence-electron chi connectivity index (χ4n) is 2.83. The molecule has 2 aliphatic rings. The lowest BCUT2D eigenvalue weighted by Gasteiger charge is -2.24. The molecule has 2 fully saturated rings. The van der Waals surface area contributed by atoms with Crippen LogP contribution in [-0.2, 0) is 14.3 Å². The molecule has 1 saturated heterocycles. The van der Waals surface area contributed by atoms with Gasteiger partial charge in [-0.05, 0) is 26.2 Å². The van der Waals surface area contributed by atoms with Gasteiger partial charge in [-0.2, -0.15) is 0 Å². The summed E-state index contributed by atoms with van der Waals surface area (Å²) in [7, 11) is 0. The summed E-state index contributed by atoms with van der Waals surface area (Å²) in [4.78, 5) is 36.6. The van der Waals surface area contributed by atoms with Crippen LogP contribution in [0.25, 0.3) is 0 Å². The normalized spacial score (nSPS) is 30.6. The molecule has 1 aliphatic heterocycles. The number of hydrogen-bond donors (Lipinski definition) is 2. The first-order valence-corrected chi connectivity index (χ1v) is 7.07. The van der Waals surface area contributed by atoms with Gasteiger partial charge in [0.2, 0.25) is 5.91 Å². The quantitative estimate of drug-likeness (QED) is 0.576. The van der Waals surface area contributed by atoms with Crippen molar-refractivity contribution in [3.05, 3.63) is 12.7 Å². The highest BCUT2D eigenvalue weighted by molar-refractivity contribution is 5.94. The van der Waals surface area contributed by atoms with Crippen LogP contribution in [0, 0.1) is 5.92 Å². The van der Waals surface area contributed by atoms with E-state index in [1.165, 1.54) is 0 Å². The third-order valence-corrected chi connectivity index (χ3v) is 4.09. The topological polar surface area (TPSA) is 95.9 Å². The third kappa shape index (κ3) is 2.72. The van der Waals surface area contributed by atoms with Gasteiger partial charge in [-0.15, -0.1) is 6.58 Å². The van der Waals surface area contributed by atoms with Crippen molar-refractivity contribution in [2.24, 2.45) is 5.92 Å². The molecule has 0 aromatic heterocycles. The molecule has 2 N–H and O–H groups in total. The Labute approximate surface area is 122 Å². The zero-order chi connectivity index (χ0) is 15.6. The molecular weight excluding hydrogens is 276 g/mol. The summed E-state index contributed by atoms with van der Waals surface area (Å²) in [5, 5.41) is 11.8. The Kier molecular flexibility index (Phi) is 4.20. The minimum absolute atomic E-state index is 0.166. The number of nitrogens with zero attached hydrogens (tertiary/aromatic N) is 1. The lowest BCUT2D eigenvalue weighted by molar-refractivity contribution is -0.149. The number of likely N-dealkylation sites (tertiary alicyclic amines) is 1. The van der Waals surface area contributed by atoms with E-state index in [1.807, 2.05) is 0 Å². The van der Waals surface area contributed by atoms with Crippen LogP contribution in [0.3, 0.4) is 0 Å². The number of nitrogens with one attached hydrogen (secondary N) is 1. The van der Waals surface area contributed by atoms with Gasteiger partial charge in [0, 0.05) is 12.5 Å². The minimum atomic E-state index is -1.12. The van der Waals surface area contributed by atoms with Crippen LogP contribution in [0.5, 0.6) is 0 Å². The zero-order valence-corrected chi connectivity index (χ0v) is 12.0. The van der Waals surface area contributed by atoms with Gasteiger partial charge >= 0.3 is 12.1 Å². The van der Waals surface area contributed by atoms with Crippen LogP contribution in [0.2, 0.25) is 0 Å². The molecule has 116 valence electrons. The average molecular weight is 296 g/mol. The van der Waals surface area contributed by atoms with Crippen molar-refractivity contribution >= 4 is 18.0 Å². The van der Waals surface area contributed by atoms with Crippen LogP contribution in [0.15, 0.2) is 12.7 Å². The summed E-state index contributed by atoms with van der Waals surface area (Å²) < 4.78 is 5.01. The molecule has 0 aromatic rings. The second-order valence-electron chi connectivity index (χ2n) is 5.36. The van der Waals surface area contributed by atoms with Gasteiger partial charge in [0.25, 0.3) is 0 Å². The Morgan fingerprint density at radius 2 is 2.24 bits per heavy atom. The molecule has 7 heteroatoms. The van der Waals surface area contributed by atoms with Crippen LogP contribution in [0.1, 0.15) is 26.2 Å². The van der Waals surface area contributed by atoms with Gasteiger partial charge in [-0.1, -0.05) is 6.08 Å². The molecule has 7 nitrogen and oxygen atoms in total. The van der Waals surface area contributed by atoms with E-state index in [2.05, 4.69) is 11.9 Å². The smallest absolute Gasteiger partial charge is 0.407 e. The first-order chi connectivity index (χ1) is 9.96. The highest BCUT2D eigenvalue weighted by Crippen LogP contribution is 2.45. The van der Waals surface area contributed by atoms with Crippen molar-refractivity contribution in [1.29, 1.82) is 0 Å². The lowest BCUT2D eigenvalue weighted by atomic mass is 10.1. The maximum absolute atomic E-state index is 12.3. The summed E-state index contributed by atoms with van der Waals surface area (Å²) >= 11 is 0. The predicted octanol–water partition coefficient (Wildman–Crippen LogP) is 0.753. The molecule has 1 aliphatic carbocycles. The average Bonchev–Trinajstić information content (AvgIpc) is 2.93. The van der Waals surface area contributed by atoms with Crippen LogP contribution >= 0.6 is 0 Å². The lowest BCUT2D eigenvalue weighted by Crippen LogP contribution is -2.53. The number of carboxylic acid groups (broad SMARTS) is 1. The number of hydrogen-bond acceptors (Lipinski definition) is 4. The highest BCUT2D eigenvalue weighted by atomic mass is 16.5. The first-order valence-electron chi connectivity index (χ1n) is 7.07. The Morgan fingerprint density at radius 3 is 2.76 bits per heavy atom. The maximum atomic E-state index is 12.3. The molecular formula is C14H20N2O5. The van der Waals surface area contributed by atoms with Crippen molar-refractivity contribution in [2.45, 2.75) is 37.8 Å². The fourth-order valence-corrected chi connectivity index (χ4v) is 2.83. The number of carbonyl (C=O) groups excluding carboxylic acids is 2. The molecule has 2 rings (SSSR count). The second kappa shape index (κ2) is 5.75. The molecule has 0 bridgehead atoms. The number of carbonyl (C=O) groups is 3. The van der Waals surface area contributed by atoms with E-state index in [4.69, 9.17) is 9.84 Å². The number of rotatable bonds is 5. The summed E-state index contributed by atoms with van der Waals surface area (Å²) in [6, 6.07) is -0.736. The Bertz CT molecular complexity index is 478. The third-order valence-electron chi connectivity index (χ3n) is 4.09. The summed E-state index contributed by atoms with van der Waals surface area (Å²) in [6.45, 7) is 5.91. The summed E-state index contributed by atoms with van der Waals surface area (Å²) in [5.41, 5.74) is -1.07. The zero-order valence-electron chi connectivity index (χ0n) is 12.0. The first kappa shape index (κ1) is 15.3. The van der Waals surface area contributed by atoms with E-state index >= 15 is 0 Å². The molecule has 3 atom stereocenters. The van der Waals surface area contributed by atoms with Gasteiger partial charge < -0.3 is 15.2 Å². The SMILES string of the molecule is C=C[C@@H]1C[C@]1(NC(=O)C1CCCN1C(=O)O)C(=O)OCC. The largest absolute Gasteiger partial charge is 0.465 e.